The second-order valence-corrected chi connectivity index (χ2v) is 1.95. The van der Waals surface area contributed by atoms with E-state index in [0.29, 0.717) is 0 Å². The fourth-order valence-electron chi connectivity index (χ4n) is 0.620. The summed E-state index contributed by atoms with van der Waals surface area (Å²) >= 11 is 0. The standard InChI is InChI=1S/C7H5NO4/c1-2-6(10)12-4-3-5(9)8-7(4)11/h2-3H,1H2,(H,8,9,11). The van der Waals surface area contributed by atoms with Gasteiger partial charge < -0.3 is 4.74 Å². The fourth-order valence-corrected chi connectivity index (χ4v) is 0.620. The maximum atomic E-state index is 10.7. The van der Waals surface area contributed by atoms with E-state index in [1.54, 1.807) is 0 Å². The summed E-state index contributed by atoms with van der Waals surface area (Å²) in [5, 5.41) is 1.91. The van der Waals surface area contributed by atoms with Crippen LogP contribution in [0.3, 0.4) is 0 Å². The van der Waals surface area contributed by atoms with Gasteiger partial charge in [-0.15, -0.1) is 0 Å². The van der Waals surface area contributed by atoms with E-state index in [9.17, 15) is 14.4 Å². The summed E-state index contributed by atoms with van der Waals surface area (Å²) in [5.74, 6) is -2.38. The first-order valence-corrected chi connectivity index (χ1v) is 3.04. The van der Waals surface area contributed by atoms with Crippen molar-refractivity contribution in [2.24, 2.45) is 0 Å². The molecule has 1 aliphatic heterocycles. The van der Waals surface area contributed by atoms with E-state index in [0.717, 1.165) is 12.2 Å². The van der Waals surface area contributed by atoms with Gasteiger partial charge in [0, 0.05) is 6.08 Å². The summed E-state index contributed by atoms with van der Waals surface area (Å²) in [7, 11) is 0. The SMILES string of the molecule is C=CC(=O)OC1=CC(=O)NC1=O. The Morgan fingerprint density at radius 1 is 1.58 bits per heavy atom. The van der Waals surface area contributed by atoms with E-state index < -0.39 is 17.8 Å². The number of hydrogen-bond acceptors (Lipinski definition) is 4. The van der Waals surface area contributed by atoms with Crippen LogP contribution in [0.1, 0.15) is 0 Å². The molecular formula is C7H5NO4. The summed E-state index contributed by atoms with van der Waals surface area (Å²) in [6.07, 6.45) is 1.81. The van der Waals surface area contributed by atoms with Gasteiger partial charge in [0.25, 0.3) is 11.8 Å². The maximum Gasteiger partial charge on any atom is 0.335 e. The normalized spacial score (nSPS) is 15.2. The van der Waals surface area contributed by atoms with Gasteiger partial charge in [-0.1, -0.05) is 6.58 Å². The number of imide groups is 1. The highest BCUT2D eigenvalue weighted by molar-refractivity contribution is 6.16. The van der Waals surface area contributed by atoms with Gasteiger partial charge in [-0.25, -0.2) is 4.79 Å². The predicted molar refractivity (Wildman–Crippen MR) is 37.5 cm³/mol. The van der Waals surface area contributed by atoms with Gasteiger partial charge in [0.2, 0.25) is 5.76 Å². The Hall–Kier alpha value is -1.91. The fraction of sp³-hybridized carbons (Fsp3) is 0. The van der Waals surface area contributed by atoms with E-state index in [4.69, 9.17) is 0 Å². The molecule has 1 rings (SSSR count). The zero-order valence-corrected chi connectivity index (χ0v) is 5.99. The molecule has 0 saturated carbocycles. The topological polar surface area (TPSA) is 72.5 Å². The van der Waals surface area contributed by atoms with Crippen LogP contribution in [-0.2, 0) is 19.1 Å². The number of hydrogen-bond donors (Lipinski definition) is 1. The van der Waals surface area contributed by atoms with Crippen molar-refractivity contribution in [3.05, 3.63) is 24.5 Å². The molecule has 5 heteroatoms. The molecule has 0 spiro atoms. The molecule has 0 fully saturated rings. The quantitative estimate of drug-likeness (QED) is 0.334. The van der Waals surface area contributed by atoms with Gasteiger partial charge in [0.1, 0.15) is 0 Å². The van der Waals surface area contributed by atoms with E-state index >= 15 is 0 Å². The van der Waals surface area contributed by atoms with Gasteiger partial charge in [0.05, 0.1) is 6.08 Å². The van der Waals surface area contributed by atoms with Gasteiger partial charge in [-0.2, -0.15) is 0 Å². The van der Waals surface area contributed by atoms with E-state index in [2.05, 4.69) is 11.3 Å². The minimum absolute atomic E-state index is 0.301. The molecule has 0 aliphatic carbocycles. The maximum absolute atomic E-state index is 10.7. The van der Waals surface area contributed by atoms with Crippen molar-refractivity contribution in [3.8, 4) is 0 Å². The van der Waals surface area contributed by atoms with Crippen LogP contribution in [0, 0.1) is 0 Å². The molecule has 0 aromatic rings. The molecular weight excluding hydrogens is 162 g/mol. The van der Waals surface area contributed by atoms with Gasteiger partial charge in [0.15, 0.2) is 0 Å². The first-order chi connectivity index (χ1) is 5.63. The third-order valence-electron chi connectivity index (χ3n) is 1.10. The summed E-state index contributed by atoms with van der Waals surface area (Å²) in [6, 6.07) is 0. The smallest absolute Gasteiger partial charge is 0.335 e. The van der Waals surface area contributed by atoms with Crippen LogP contribution in [-0.4, -0.2) is 17.8 Å². The minimum Gasteiger partial charge on any atom is -0.417 e. The average Bonchev–Trinajstić information content (AvgIpc) is 2.30. The Bertz CT molecular complexity index is 303. The van der Waals surface area contributed by atoms with Gasteiger partial charge in [-0.05, 0) is 0 Å². The predicted octanol–water partition coefficient (Wildman–Crippen LogP) is -0.744. The van der Waals surface area contributed by atoms with E-state index in [1.165, 1.54) is 0 Å². The Morgan fingerprint density at radius 2 is 2.25 bits per heavy atom. The zero-order chi connectivity index (χ0) is 9.14. The van der Waals surface area contributed by atoms with Crippen molar-refractivity contribution in [2.45, 2.75) is 0 Å². The minimum atomic E-state index is -0.772. The number of nitrogens with one attached hydrogen (secondary N) is 1. The molecule has 5 nitrogen and oxygen atoms in total. The lowest BCUT2D eigenvalue weighted by atomic mass is 10.5. The molecule has 1 aliphatic rings. The molecule has 62 valence electrons. The van der Waals surface area contributed by atoms with Crippen LogP contribution in [0.4, 0.5) is 0 Å². The van der Waals surface area contributed by atoms with Crippen LogP contribution < -0.4 is 5.32 Å². The summed E-state index contributed by atoms with van der Waals surface area (Å²) < 4.78 is 4.41. The Kier molecular flexibility index (Phi) is 2.05. The molecule has 0 aromatic heterocycles. The highest BCUT2D eigenvalue weighted by Crippen LogP contribution is 2.04. The number of esters is 1. The summed E-state index contributed by atoms with van der Waals surface area (Å²) in [5.41, 5.74) is 0. The zero-order valence-electron chi connectivity index (χ0n) is 5.99. The van der Waals surface area contributed by atoms with Gasteiger partial charge in [-0.3, -0.25) is 14.9 Å². The first kappa shape index (κ1) is 8.19. The Balaban J connectivity index is 2.70. The van der Waals surface area contributed by atoms with E-state index in [1.807, 2.05) is 5.32 Å². The van der Waals surface area contributed by atoms with Crippen molar-refractivity contribution >= 4 is 17.8 Å². The molecule has 0 aromatic carbocycles. The van der Waals surface area contributed by atoms with Crippen molar-refractivity contribution < 1.29 is 19.1 Å². The van der Waals surface area contributed by atoms with Gasteiger partial charge >= 0.3 is 5.97 Å². The van der Waals surface area contributed by atoms with Crippen molar-refractivity contribution in [2.75, 3.05) is 0 Å². The van der Waals surface area contributed by atoms with Crippen LogP contribution in [0.2, 0.25) is 0 Å². The highest BCUT2D eigenvalue weighted by Gasteiger charge is 2.23. The molecule has 12 heavy (non-hydrogen) atoms. The van der Waals surface area contributed by atoms with Crippen molar-refractivity contribution in [3.63, 3.8) is 0 Å². The molecule has 0 unspecified atom stereocenters. The molecule has 1 heterocycles. The third kappa shape index (κ3) is 1.57. The number of carbonyl (C=O) groups excluding carboxylic acids is 3. The Labute approximate surface area is 67.7 Å². The monoisotopic (exact) mass is 167 g/mol. The molecule has 0 atom stereocenters. The Morgan fingerprint density at radius 3 is 2.67 bits per heavy atom. The lowest BCUT2D eigenvalue weighted by molar-refractivity contribution is -0.138. The largest absolute Gasteiger partial charge is 0.417 e. The first-order valence-electron chi connectivity index (χ1n) is 3.04. The summed E-state index contributed by atoms with van der Waals surface area (Å²) in [6.45, 7) is 3.13. The molecule has 2 amide bonds. The molecule has 1 N–H and O–H groups in total. The summed E-state index contributed by atoms with van der Waals surface area (Å²) in [4.78, 5) is 31.8. The van der Waals surface area contributed by atoms with Crippen LogP contribution >= 0.6 is 0 Å². The highest BCUT2D eigenvalue weighted by atomic mass is 16.5. The van der Waals surface area contributed by atoms with E-state index in [-0.39, 0.29) is 5.76 Å². The second kappa shape index (κ2) is 3.00. The number of rotatable bonds is 2. The molecule has 0 bridgehead atoms. The van der Waals surface area contributed by atoms with Crippen LogP contribution in [0.15, 0.2) is 24.5 Å². The van der Waals surface area contributed by atoms with Crippen LogP contribution in [0.5, 0.6) is 0 Å². The average molecular weight is 167 g/mol. The number of amides is 2. The van der Waals surface area contributed by atoms with Crippen LogP contribution in [0.25, 0.3) is 0 Å². The van der Waals surface area contributed by atoms with Crippen molar-refractivity contribution in [1.82, 2.24) is 5.32 Å². The molecule has 0 radical (unpaired) electrons. The number of ether oxygens (including phenoxy) is 1. The third-order valence-corrected chi connectivity index (χ3v) is 1.10. The second-order valence-electron chi connectivity index (χ2n) is 1.95. The molecule has 0 saturated heterocycles. The number of carbonyl (C=O) groups is 3. The van der Waals surface area contributed by atoms with Crippen molar-refractivity contribution in [1.29, 1.82) is 0 Å². The lowest BCUT2D eigenvalue weighted by Gasteiger charge is -1.97. The lowest BCUT2D eigenvalue weighted by Crippen LogP contribution is -2.23.